The fraction of sp³-hybridized carbons (Fsp3) is 0.474. The Morgan fingerprint density at radius 2 is 1.92 bits per heavy atom. The van der Waals surface area contributed by atoms with Crippen LogP contribution in [0, 0.1) is 0 Å². The van der Waals surface area contributed by atoms with Crippen LogP contribution in [0.15, 0.2) is 30.3 Å². The molecule has 5 heteroatoms. The van der Waals surface area contributed by atoms with Crippen molar-refractivity contribution in [1.29, 1.82) is 0 Å². The van der Waals surface area contributed by atoms with Gasteiger partial charge in [0.1, 0.15) is 0 Å². The average Bonchev–Trinajstić information content (AvgIpc) is 2.93. The van der Waals surface area contributed by atoms with Gasteiger partial charge in [-0.2, -0.15) is 5.10 Å². The van der Waals surface area contributed by atoms with E-state index < -0.39 is 0 Å². The Hall–Kier alpha value is -2.14. The molecule has 0 atom stereocenters. The third-order valence-electron chi connectivity index (χ3n) is 3.97. The molecule has 0 spiro atoms. The van der Waals surface area contributed by atoms with Crippen molar-refractivity contribution in [2.75, 3.05) is 20.3 Å². The molecule has 130 valence electrons. The molecule has 2 rings (SSSR count). The average molecular weight is 329 g/mol. The lowest BCUT2D eigenvalue weighted by Gasteiger charge is -2.19. The maximum atomic E-state index is 12.2. The van der Waals surface area contributed by atoms with E-state index in [4.69, 9.17) is 4.74 Å². The first-order chi connectivity index (χ1) is 11.3. The fourth-order valence-electron chi connectivity index (χ4n) is 2.50. The maximum absolute atomic E-state index is 12.2. The zero-order valence-electron chi connectivity index (χ0n) is 15.2. The largest absolute Gasteiger partial charge is 0.385 e. The number of hydrogen-bond donors (Lipinski definition) is 1. The van der Waals surface area contributed by atoms with Crippen LogP contribution < -0.4 is 5.32 Å². The number of hydrogen-bond acceptors (Lipinski definition) is 3. The zero-order chi connectivity index (χ0) is 17.7. The SMILES string of the molecule is COCCCNC(=O)c1cc(-c2ccc(C(C)(C)C)cc2)n(C)n1. The van der Waals surface area contributed by atoms with Gasteiger partial charge >= 0.3 is 0 Å². The number of ether oxygens (including phenoxy) is 1. The van der Waals surface area contributed by atoms with Crippen LogP contribution >= 0.6 is 0 Å². The zero-order valence-corrected chi connectivity index (χ0v) is 15.2. The molecule has 1 heterocycles. The number of aromatic nitrogens is 2. The van der Waals surface area contributed by atoms with Gasteiger partial charge in [0.15, 0.2) is 5.69 Å². The highest BCUT2D eigenvalue weighted by molar-refractivity contribution is 5.93. The van der Waals surface area contributed by atoms with Crippen LogP contribution in [0.1, 0.15) is 43.2 Å². The van der Waals surface area contributed by atoms with Gasteiger partial charge in [-0.05, 0) is 29.0 Å². The normalized spacial score (nSPS) is 11.5. The van der Waals surface area contributed by atoms with Gasteiger partial charge in [0, 0.05) is 27.3 Å². The molecule has 2 aromatic rings. The number of benzene rings is 1. The van der Waals surface area contributed by atoms with Crippen molar-refractivity contribution in [1.82, 2.24) is 15.1 Å². The number of aryl methyl sites for hydroxylation is 1. The number of nitrogens with zero attached hydrogens (tertiary/aromatic N) is 2. The third kappa shape index (κ3) is 4.45. The monoisotopic (exact) mass is 329 g/mol. The highest BCUT2D eigenvalue weighted by atomic mass is 16.5. The predicted molar refractivity (Wildman–Crippen MR) is 96.2 cm³/mol. The lowest BCUT2D eigenvalue weighted by Crippen LogP contribution is -2.25. The van der Waals surface area contributed by atoms with Crippen molar-refractivity contribution in [2.24, 2.45) is 7.05 Å². The number of carbonyl (C=O) groups excluding carboxylic acids is 1. The molecule has 0 saturated carbocycles. The van der Waals surface area contributed by atoms with Crippen molar-refractivity contribution in [2.45, 2.75) is 32.6 Å². The summed E-state index contributed by atoms with van der Waals surface area (Å²) >= 11 is 0. The summed E-state index contributed by atoms with van der Waals surface area (Å²) in [6.45, 7) is 7.79. The summed E-state index contributed by atoms with van der Waals surface area (Å²) in [5.74, 6) is -0.153. The number of carbonyl (C=O) groups is 1. The minimum atomic E-state index is -0.153. The Balaban J connectivity index is 2.12. The Morgan fingerprint density at radius 1 is 1.25 bits per heavy atom. The molecule has 1 N–H and O–H groups in total. The second-order valence-corrected chi connectivity index (χ2v) is 6.97. The number of amides is 1. The van der Waals surface area contributed by atoms with E-state index in [1.54, 1.807) is 11.8 Å². The van der Waals surface area contributed by atoms with Crippen LogP contribution in [-0.4, -0.2) is 35.9 Å². The van der Waals surface area contributed by atoms with Crippen LogP contribution in [0.25, 0.3) is 11.3 Å². The van der Waals surface area contributed by atoms with Crippen molar-refractivity contribution in [3.05, 3.63) is 41.6 Å². The van der Waals surface area contributed by atoms with Gasteiger partial charge in [-0.15, -0.1) is 0 Å². The Bertz CT molecular complexity index is 682. The molecular weight excluding hydrogens is 302 g/mol. The van der Waals surface area contributed by atoms with E-state index in [-0.39, 0.29) is 11.3 Å². The highest BCUT2D eigenvalue weighted by Gasteiger charge is 2.16. The molecule has 0 aliphatic rings. The van der Waals surface area contributed by atoms with Gasteiger partial charge in [-0.25, -0.2) is 0 Å². The van der Waals surface area contributed by atoms with E-state index in [1.807, 2.05) is 13.1 Å². The summed E-state index contributed by atoms with van der Waals surface area (Å²) in [6.07, 6.45) is 0.788. The fourth-order valence-corrected chi connectivity index (χ4v) is 2.50. The Morgan fingerprint density at radius 3 is 2.50 bits per heavy atom. The summed E-state index contributed by atoms with van der Waals surface area (Å²) in [5.41, 5.74) is 3.82. The molecule has 1 amide bonds. The first-order valence-electron chi connectivity index (χ1n) is 8.25. The first kappa shape index (κ1) is 18.2. The minimum Gasteiger partial charge on any atom is -0.385 e. The second kappa shape index (κ2) is 7.62. The quantitative estimate of drug-likeness (QED) is 0.828. The molecule has 24 heavy (non-hydrogen) atoms. The summed E-state index contributed by atoms with van der Waals surface area (Å²) in [6, 6.07) is 10.3. The highest BCUT2D eigenvalue weighted by Crippen LogP contribution is 2.26. The molecule has 0 unspecified atom stereocenters. The smallest absolute Gasteiger partial charge is 0.271 e. The van der Waals surface area contributed by atoms with E-state index in [2.05, 4.69) is 55.5 Å². The number of nitrogens with one attached hydrogen (secondary N) is 1. The Labute approximate surface area is 144 Å². The molecule has 0 bridgehead atoms. The van der Waals surface area contributed by atoms with Crippen LogP contribution in [0.3, 0.4) is 0 Å². The van der Waals surface area contributed by atoms with E-state index >= 15 is 0 Å². The van der Waals surface area contributed by atoms with Gasteiger partial charge in [-0.3, -0.25) is 9.48 Å². The topological polar surface area (TPSA) is 56.1 Å². The molecule has 0 fully saturated rings. The van der Waals surface area contributed by atoms with E-state index in [1.165, 1.54) is 5.56 Å². The van der Waals surface area contributed by atoms with Gasteiger partial charge in [0.25, 0.3) is 5.91 Å². The van der Waals surface area contributed by atoms with E-state index in [0.29, 0.717) is 18.8 Å². The number of rotatable bonds is 6. The predicted octanol–water partition coefficient (Wildman–Crippen LogP) is 3.15. The lowest BCUT2D eigenvalue weighted by atomic mass is 9.86. The molecule has 0 aliphatic carbocycles. The van der Waals surface area contributed by atoms with Crippen molar-refractivity contribution in [3.63, 3.8) is 0 Å². The van der Waals surface area contributed by atoms with Crippen molar-refractivity contribution >= 4 is 5.91 Å². The maximum Gasteiger partial charge on any atom is 0.271 e. The summed E-state index contributed by atoms with van der Waals surface area (Å²) in [7, 11) is 3.51. The molecule has 0 radical (unpaired) electrons. The summed E-state index contributed by atoms with van der Waals surface area (Å²) in [5, 5.41) is 7.19. The number of methoxy groups -OCH3 is 1. The van der Waals surface area contributed by atoms with Gasteiger partial charge in [-0.1, -0.05) is 45.0 Å². The van der Waals surface area contributed by atoms with Crippen LogP contribution in [0.4, 0.5) is 0 Å². The van der Waals surface area contributed by atoms with Gasteiger partial charge < -0.3 is 10.1 Å². The van der Waals surface area contributed by atoms with Crippen molar-refractivity contribution in [3.8, 4) is 11.3 Å². The molecule has 1 aromatic heterocycles. The molecule has 1 aromatic carbocycles. The molecule has 0 aliphatic heterocycles. The first-order valence-corrected chi connectivity index (χ1v) is 8.25. The Kier molecular flexibility index (Phi) is 5.78. The van der Waals surface area contributed by atoms with Gasteiger partial charge in [0.05, 0.1) is 5.69 Å². The second-order valence-electron chi connectivity index (χ2n) is 6.97. The lowest BCUT2D eigenvalue weighted by molar-refractivity contribution is 0.0943. The molecule has 0 saturated heterocycles. The van der Waals surface area contributed by atoms with Crippen LogP contribution in [-0.2, 0) is 17.2 Å². The summed E-state index contributed by atoms with van der Waals surface area (Å²) in [4.78, 5) is 12.2. The molecule has 5 nitrogen and oxygen atoms in total. The minimum absolute atomic E-state index is 0.123. The summed E-state index contributed by atoms with van der Waals surface area (Å²) < 4.78 is 6.72. The standard InChI is InChI=1S/C19H27N3O2/c1-19(2,3)15-9-7-14(8-10-15)17-13-16(21-22(17)4)18(23)20-11-6-12-24-5/h7-10,13H,6,11-12H2,1-5H3,(H,20,23). The third-order valence-corrected chi connectivity index (χ3v) is 3.97. The van der Waals surface area contributed by atoms with E-state index in [9.17, 15) is 4.79 Å². The van der Waals surface area contributed by atoms with Crippen LogP contribution in [0.2, 0.25) is 0 Å². The van der Waals surface area contributed by atoms with E-state index in [0.717, 1.165) is 17.7 Å². The molecular formula is C19H27N3O2. The van der Waals surface area contributed by atoms with Crippen LogP contribution in [0.5, 0.6) is 0 Å². The van der Waals surface area contributed by atoms with Gasteiger partial charge in [0.2, 0.25) is 0 Å². The van der Waals surface area contributed by atoms with Crippen molar-refractivity contribution < 1.29 is 9.53 Å².